The van der Waals surface area contributed by atoms with Crippen LogP contribution in [-0.2, 0) is 0 Å². The highest BCUT2D eigenvalue weighted by Crippen LogP contribution is 2.28. The third kappa shape index (κ3) is 1.91. The van der Waals surface area contributed by atoms with Gasteiger partial charge in [-0.05, 0) is 34.7 Å². The van der Waals surface area contributed by atoms with E-state index in [1.54, 1.807) is 20.1 Å². The Labute approximate surface area is 108 Å². The van der Waals surface area contributed by atoms with Crippen molar-refractivity contribution in [3.63, 3.8) is 0 Å². The summed E-state index contributed by atoms with van der Waals surface area (Å²) in [6.07, 6.45) is 1.71. The van der Waals surface area contributed by atoms with Crippen LogP contribution in [-0.4, -0.2) is 12.8 Å². The first-order valence-electron chi connectivity index (χ1n) is 4.76. The minimum Gasteiger partial charge on any atom is -0.395 e. The Morgan fingerprint density at radius 1 is 1.38 bits per heavy atom. The zero-order valence-corrected chi connectivity index (χ0v) is 10.8. The van der Waals surface area contributed by atoms with Crippen LogP contribution in [0.4, 0.5) is 10.1 Å². The van der Waals surface area contributed by atoms with Crippen LogP contribution < -0.4 is 11.2 Å². The average molecular weight is 326 g/mol. The van der Waals surface area contributed by atoms with Gasteiger partial charge in [0.2, 0.25) is 0 Å². The standard InChI is InChI=1S/C11H9BFIN2/c12-7-5-6(8-3-1-2-4-16-8)10(14)11(15)9(7)13/h1-5H,12,15H2. The fraction of sp³-hybridized carbons (Fsp3) is 0. The first kappa shape index (κ1) is 11.4. The Hall–Kier alpha value is -1.11. The molecule has 0 radical (unpaired) electrons. The summed E-state index contributed by atoms with van der Waals surface area (Å²) in [7, 11) is 1.70. The van der Waals surface area contributed by atoms with Gasteiger partial charge in [0.05, 0.1) is 11.4 Å². The lowest BCUT2D eigenvalue weighted by Gasteiger charge is -2.10. The summed E-state index contributed by atoms with van der Waals surface area (Å²) in [5, 5.41) is 0. The Balaban J connectivity index is 2.68. The number of aromatic nitrogens is 1. The molecular formula is C11H9BFIN2. The lowest BCUT2D eigenvalue weighted by molar-refractivity contribution is 0.640. The normalized spacial score (nSPS) is 10.4. The summed E-state index contributed by atoms with van der Waals surface area (Å²) in [5.41, 5.74) is 8.13. The second kappa shape index (κ2) is 4.41. The first-order valence-corrected chi connectivity index (χ1v) is 5.84. The molecule has 0 fully saturated rings. The van der Waals surface area contributed by atoms with Crippen LogP contribution in [0, 0.1) is 9.39 Å². The molecule has 16 heavy (non-hydrogen) atoms. The minimum atomic E-state index is -0.343. The van der Waals surface area contributed by atoms with Gasteiger partial charge >= 0.3 is 0 Å². The molecule has 0 bridgehead atoms. The van der Waals surface area contributed by atoms with Crippen molar-refractivity contribution in [3.8, 4) is 11.3 Å². The summed E-state index contributed by atoms with van der Waals surface area (Å²) < 4.78 is 14.2. The van der Waals surface area contributed by atoms with Gasteiger partial charge < -0.3 is 5.73 Å². The molecule has 0 amide bonds. The first-order chi connectivity index (χ1) is 7.61. The van der Waals surface area contributed by atoms with Gasteiger partial charge in [-0.2, -0.15) is 0 Å². The maximum Gasteiger partial charge on any atom is 0.143 e. The van der Waals surface area contributed by atoms with Crippen molar-refractivity contribution in [3.05, 3.63) is 39.8 Å². The largest absolute Gasteiger partial charge is 0.395 e. The fourth-order valence-electron chi connectivity index (χ4n) is 1.51. The van der Waals surface area contributed by atoms with Crippen LogP contribution in [0.3, 0.4) is 0 Å². The second-order valence-corrected chi connectivity index (χ2v) is 4.58. The Bertz CT molecular complexity index is 531. The highest BCUT2D eigenvalue weighted by Gasteiger charge is 2.13. The van der Waals surface area contributed by atoms with Crippen molar-refractivity contribution >= 4 is 41.6 Å². The van der Waals surface area contributed by atoms with E-state index in [1.807, 2.05) is 40.8 Å². The number of pyridine rings is 1. The third-order valence-electron chi connectivity index (χ3n) is 2.36. The van der Waals surface area contributed by atoms with E-state index >= 15 is 0 Å². The van der Waals surface area contributed by atoms with E-state index in [1.165, 1.54) is 0 Å². The molecule has 2 rings (SSSR count). The number of nitrogen functional groups attached to an aromatic ring is 1. The Morgan fingerprint density at radius 2 is 2.12 bits per heavy atom. The number of benzene rings is 1. The van der Waals surface area contributed by atoms with Gasteiger partial charge in [0.1, 0.15) is 13.7 Å². The van der Waals surface area contributed by atoms with Crippen LogP contribution in [0.25, 0.3) is 11.3 Å². The second-order valence-electron chi connectivity index (χ2n) is 3.50. The molecule has 80 valence electrons. The number of anilines is 1. The molecule has 0 aliphatic heterocycles. The van der Waals surface area contributed by atoms with Crippen molar-refractivity contribution in [1.29, 1.82) is 0 Å². The van der Waals surface area contributed by atoms with Gasteiger partial charge in [0.15, 0.2) is 0 Å². The highest BCUT2D eigenvalue weighted by atomic mass is 127. The summed E-state index contributed by atoms with van der Waals surface area (Å²) in [5.74, 6) is -0.343. The van der Waals surface area contributed by atoms with Crippen LogP contribution in [0.5, 0.6) is 0 Å². The van der Waals surface area contributed by atoms with Crippen molar-refractivity contribution in [2.75, 3.05) is 5.73 Å². The van der Waals surface area contributed by atoms with Crippen LogP contribution >= 0.6 is 22.6 Å². The fourth-order valence-corrected chi connectivity index (χ4v) is 2.17. The number of hydrogen-bond donors (Lipinski definition) is 1. The molecule has 5 heteroatoms. The van der Waals surface area contributed by atoms with Gasteiger partial charge in [0, 0.05) is 15.3 Å². The molecule has 0 saturated carbocycles. The molecule has 1 aromatic carbocycles. The molecule has 2 aromatic rings. The molecule has 0 unspecified atom stereocenters. The maximum absolute atomic E-state index is 13.5. The Kier molecular flexibility index (Phi) is 3.14. The van der Waals surface area contributed by atoms with Gasteiger partial charge in [-0.25, -0.2) is 4.39 Å². The van der Waals surface area contributed by atoms with Crippen molar-refractivity contribution in [2.45, 2.75) is 0 Å². The van der Waals surface area contributed by atoms with E-state index in [0.717, 1.165) is 11.3 Å². The SMILES string of the molecule is Bc1cc(-c2ccccn2)c(I)c(N)c1F. The molecular weight excluding hydrogens is 317 g/mol. The summed E-state index contributed by atoms with van der Waals surface area (Å²) >= 11 is 2.05. The average Bonchev–Trinajstić information content (AvgIpc) is 2.32. The number of halogens is 2. The van der Waals surface area contributed by atoms with Crippen LogP contribution in [0.2, 0.25) is 0 Å². The van der Waals surface area contributed by atoms with Crippen LogP contribution in [0.1, 0.15) is 0 Å². The zero-order chi connectivity index (χ0) is 11.7. The van der Waals surface area contributed by atoms with Gasteiger partial charge in [-0.1, -0.05) is 17.6 Å². The van der Waals surface area contributed by atoms with Crippen molar-refractivity contribution < 1.29 is 4.39 Å². The van der Waals surface area contributed by atoms with Gasteiger partial charge in [0.25, 0.3) is 0 Å². The van der Waals surface area contributed by atoms with E-state index in [2.05, 4.69) is 4.98 Å². The lowest BCUT2D eigenvalue weighted by atomic mass is 9.92. The predicted molar refractivity (Wildman–Crippen MR) is 74.9 cm³/mol. The summed E-state index contributed by atoms with van der Waals surface area (Å²) in [4.78, 5) is 4.24. The van der Waals surface area contributed by atoms with Gasteiger partial charge in [-0.15, -0.1) is 0 Å². The van der Waals surface area contributed by atoms with E-state index < -0.39 is 0 Å². The number of hydrogen-bond acceptors (Lipinski definition) is 2. The Morgan fingerprint density at radius 3 is 2.75 bits per heavy atom. The maximum atomic E-state index is 13.5. The van der Waals surface area contributed by atoms with Crippen molar-refractivity contribution in [1.82, 2.24) is 4.98 Å². The highest BCUT2D eigenvalue weighted by molar-refractivity contribution is 14.1. The molecule has 0 saturated heterocycles. The number of rotatable bonds is 1. The van der Waals surface area contributed by atoms with E-state index in [-0.39, 0.29) is 11.5 Å². The van der Waals surface area contributed by atoms with E-state index in [9.17, 15) is 4.39 Å². The molecule has 0 spiro atoms. The third-order valence-corrected chi connectivity index (χ3v) is 3.52. The molecule has 0 atom stereocenters. The van der Waals surface area contributed by atoms with E-state index in [4.69, 9.17) is 5.73 Å². The minimum absolute atomic E-state index is 0.196. The molecule has 2 N–H and O–H groups in total. The van der Waals surface area contributed by atoms with Crippen LogP contribution in [0.15, 0.2) is 30.5 Å². The molecule has 1 aromatic heterocycles. The lowest BCUT2D eigenvalue weighted by Crippen LogP contribution is -2.14. The monoisotopic (exact) mass is 326 g/mol. The molecule has 0 aliphatic carbocycles. The summed E-state index contributed by atoms with van der Waals surface area (Å²) in [6.45, 7) is 0. The quantitative estimate of drug-likeness (QED) is 0.488. The zero-order valence-electron chi connectivity index (χ0n) is 8.67. The molecule has 0 aliphatic rings. The molecule has 1 heterocycles. The van der Waals surface area contributed by atoms with Crippen molar-refractivity contribution in [2.24, 2.45) is 0 Å². The number of nitrogens with zero attached hydrogens (tertiary/aromatic N) is 1. The topological polar surface area (TPSA) is 38.9 Å². The molecule has 2 nitrogen and oxygen atoms in total. The predicted octanol–water partition coefficient (Wildman–Crippen LogP) is 1.33. The van der Waals surface area contributed by atoms with E-state index in [0.29, 0.717) is 9.03 Å². The van der Waals surface area contributed by atoms with Gasteiger partial charge in [-0.3, -0.25) is 4.98 Å². The number of nitrogens with two attached hydrogens (primary N) is 1. The summed E-state index contributed by atoms with van der Waals surface area (Å²) in [6, 6.07) is 7.40. The smallest absolute Gasteiger partial charge is 0.143 e.